The molecule has 3 N–H and O–H groups in total. The average molecular weight is 459 g/mol. The van der Waals surface area contributed by atoms with Gasteiger partial charge in [-0.25, -0.2) is 4.98 Å². The number of hydrogen-bond acceptors (Lipinski definition) is 6. The van der Waals surface area contributed by atoms with Crippen molar-refractivity contribution in [3.8, 4) is 0 Å². The van der Waals surface area contributed by atoms with Crippen molar-refractivity contribution in [2.75, 3.05) is 7.11 Å². The fraction of sp³-hybridized carbons (Fsp3) is 0.348. The van der Waals surface area contributed by atoms with Crippen molar-refractivity contribution in [2.24, 2.45) is 5.73 Å². The molecule has 0 aliphatic heterocycles. The zero-order valence-corrected chi connectivity index (χ0v) is 18.9. The van der Waals surface area contributed by atoms with Crippen LogP contribution in [0.5, 0.6) is 0 Å². The van der Waals surface area contributed by atoms with Crippen molar-refractivity contribution < 1.29 is 13.9 Å². The van der Waals surface area contributed by atoms with Crippen LogP contribution in [0.4, 0.5) is 0 Å². The lowest BCUT2D eigenvalue weighted by atomic mass is 10.1. The Kier molecular flexibility index (Phi) is 8.21. The largest absolute Gasteiger partial charge is 0.446 e. The summed E-state index contributed by atoms with van der Waals surface area (Å²) in [6.45, 7) is 3.19. The molecule has 0 atom stereocenters. The quantitative estimate of drug-likeness (QED) is 0.482. The van der Waals surface area contributed by atoms with Crippen molar-refractivity contribution in [2.45, 2.75) is 46.0 Å². The van der Waals surface area contributed by atoms with E-state index in [9.17, 15) is 9.59 Å². The summed E-state index contributed by atoms with van der Waals surface area (Å²) in [5.41, 5.74) is 9.32. The van der Waals surface area contributed by atoms with E-state index < -0.39 is 0 Å². The van der Waals surface area contributed by atoms with Crippen LogP contribution in [0.3, 0.4) is 0 Å². The van der Waals surface area contributed by atoms with Crippen LogP contribution in [0.25, 0.3) is 0 Å². The van der Waals surface area contributed by atoms with E-state index in [0.29, 0.717) is 49.1 Å². The van der Waals surface area contributed by atoms with E-state index >= 15 is 0 Å². The first-order valence-electron chi connectivity index (χ1n) is 10.3. The van der Waals surface area contributed by atoms with Crippen LogP contribution < -0.4 is 16.6 Å². The molecule has 2 heterocycles. The summed E-state index contributed by atoms with van der Waals surface area (Å²) >= 11 is 6.05. The zero-order valence-electron chi connectivity index (χ0n) is 18.2. The number of oxazole rings is 1. The average Bonchev–Trinajstić information content (AvgIpc) is 3.22. The third-order valence-corrected chi connectivity index (χ3v) is 5.41. The number of aromatic nitrogens is 2. The van der Waals surface area contributed by atoms with Crippen molar-refractivity contribution in [3.05, 3.63) is 85.9 Å². The van der Waals surface area contributed by atoms with Gasteiger partial charge in [-0.15, -0.1) is 0 Å². The predicted molar refractivity (Wildman–Crippen MR) is 121 cm³/mol. The van der Waals surface area contributed by atoms with Crippen molar-refractivity contribution in [1.82, 2.24) is 14.9 Å². The van der Waals surface area contributed by atoms with Gasteiger partial charge in [0.05, 0.1) is 12.1 Å². The first-order valence-corrected chi connectivity index (χ1v) is 10.6. The summed E-state index contributed by atoms with van der Waals surface area (Å²) in [6, 6.07) is 7.23. The molecule has 170 valence electrons. The summed E-state index contributed by atoms with van der Waals surface area (Å²) in [5.74, 6) is 0.250. The maximum absolute atomic E-state index is 13.0. The van der Waals surface area contributed by atoms with Gasteiger partial charge in [0.15, 0.2) is 0 Å². The van der Waals surface area contributed by atoms with E-state index in [4.69, 9.17) is 26.5 Å². The first-order chi connectivity index (χ1) is 15.4. The monoisotopic (exact) mass is 458 g/mol. The van der Waals surface area contributed by atoms with Crippen molar-refractivity contribution in [1.29, 1.82) is 0 Å². The molecule has 0 radical (unpaired) electrons. The van der Waals surface area contributed by atoms with Crippen molar-refractivity contribution >= 4 is 17.5 Å². The Morgan fingerprint density at radius 1 is 1.31 bits per heavy atom. The van der Waals surface area contributed by atoms with Gasteiger partial charge in [-0.05, 0) is 41.8 Å². The third-order valence-electron chi connectivity index (χ3n) is 5.18. The molecule has 0 saturated carbocycles. The van der Waals surface area contributed by atoms with E-state index in [-0.39, 0.29) is 17.9 Å². The summed E-state index contributed by atoms with van der Waals surface area (Å²) in [7, 11) is 1.57. The number of carbonyl (C=O) groups excluding carboxylic acids is 1. The van der Waals surface area contributed by atoms with E-state index in [0.717, 1.165) is 22.4 Å². The van der Waals surface area contributed by atoms with E-state index in [1.807, 2.05) is 19.1 Å². The van der Waals surface area contributed by atoms with Crippen LogP contribution in [-0.2, 0) is 48.6 Å². The molecule has 0 unspecified atom stereocenters. The summed E-state index contributed by atoms with van der Waals surface area (Å²) in [6.07, 6.45) is 3.81. The first kappa shape index (κ1) is 23.7. The molecule has 2 aromatic heterocycles. The molecule has 0 aliphatic rings. The Balaban J connectivity index is 1.65. The Bertz CT molecular complexity index is 1140. The van der Waals surface area contributed by atoms with Crippen molar-refractivity contribution in [3.63, 3.8) is 0 Å². The maximum Gasteiger partial charge on any atom is 0.254 e. The van der Waals surface area contributed by atoms with Gasteiger partial charge in [0.1, 0.15) is 12.9 Å². The number of nitrogens with one attached hydrogen (secondary N) is 1. The molecule has 8 nitrogen and oxygen atoms in total. The molecular weight excluding hydrogens is 432 g/mol. The highest BCUT2D eigenvalue weighted by atomic mass is 35.5. The molecular formula is C23H27ClN4O4. The third kappa shape index (κ3) is 6.06. The standard InChI is InChI=1S/C23H27ClN4O4/c1-15-5-7-28(8-6-19-13-32-22(27-19)14-31-2)23(30)20(15)10-21(29)26-12-17-9-18(24)4-3-16(17)11-25/h3-5,7,9,13H,6,8,10-12,14,25H2,1-2H3,(H,26,29). The molecule has 9 heteroatoms. The van der Waals surface area contributed by atoms with Gasteiger partial charge in [-0.3, -0.25) is 9.59 Å². The normalized spacial score (nSPS) is 11.0. The number of nitrogens with zero attached hydrogens (tertiary/aromatic N) is 2. The molecule has 1 amide bonds. The van der Waals surface area contributed by atoms with Gasteiger partial charge in [0.25, 0.3) is 5.56 Å². The van der Waals surface area contributed by atoms with Gasteiger partial charge in [-0.2, -0.15) is 0 Å². The molecule has 32 heavy (non-hydrogen) atoms. The van der Waals surface area contributed by atoms with Crippen LogP contribution in [-0.4, -0.2) is 22.6 Å². The van der Waals surface area contributed by atoms with E-state index in [1.165, 1.54) is 0 Å². The number of ether oxygens (including phenoxy) is 1. The second-order valence-corrected chi connectivity index (χ2v) is 7.90. The number of rotatable bonds is 10. The highest BCUT2D eigenvalue weighted by molar-refractivity contribution is 6.30. The lowest BCUT2D eigenvalue weighted by molar-refractivity contribution is -0.120. The van der Waals surface area contributed by atoms with Crippen LogP contribution in [0.2, 0.25) is 5.02 Å². The lowest BCUT2D eigenvalue weighted by Gasteiger charge is -2.12. The smallest absolute Gasteiger partial charge is 0.254 e. The Morgan fingerprint density at radius 2 is 2.12 bits per heavy atom. The number of amides is 1. The van der Waals surface area contributed by atoms with Crippen LogP contribution >= 0.6 is 11.6 Å². The molecule has 3 rings (SSSR count). The van der Waals surface area contributed by atoms with Gasteiger partial charge in [0.2, 0.25) is 11.8 Å². The minimum absolute atomic E-state index is 0.00796. The Labute approximate surface area is 191 Å². The van der Waals surface area contributed by atoms with Crippen LogP contribution in [0, 0.1) is 6.92 Å². The van der Waals surface area contributed by atoms with Gasteiger partial charge in [-0.1, -0.05) is 17.7 Å². The van der Waals surface area contributed by atoms with Gasteiger partial charge >= 0.3 is 0 Å². The Morgan fingerprint density at radius 3 is 2.88 bits per heavy atom. The SMILES string of the molecule is COCc1nc(CCn2ccc(C)c(CC(=O)NCc3cc(Cl)ccc3CN)c2=O)co1. The number of aryl methyl sites for hydroxylation is 3. The fourth-order valence-electron chi connectivity index (χ4n) is 3.37. The van der Waals surface area contributed by atoms with Crippen LogP contribution in [0.15, 0.2) is 45.9 Å². The van der Waals surface area contributed by atoms with Crippen LogP contribution in [0.1, 0.15) is 33.8 Å². The van der Waals surface area contributed by atoms with Gasteiger partial charge in [0, 0.05) is 49.9 Å². The van der Waals surface area contributed by atoms with E-state index in [1.54, 1.807) is 36.3 Å². The lowest BCUT2D eigenvalue weighted by Crippen LogP contribution is -2.31. The number of hydrogen-bond donors (Lipinski definition) is 2. The summed E-state index contributed by atoms with van der Waals surface area (Å²) < 4.78 is 11.9. The molecule has 1 aromatic carbocycles. The van der Waals surface area contributed by atoms with E-state index in [2.05, 4.69) is 10.3 Å². The number of nitrogens with two attached hydrogens (primary N) is 1. The number of halogens is 1. The number of methoxy groups -OCH3 is 1. The zero-order chi connectivity index (χ0) is 23.1. The summed E-state index contributed by atoms with van der Waals surface area (Å²) in [4.78, 5) is 29.8. The summed E-state index contributed by atoms with van der Waals surface area (Å²) in [5, 5.41) is 3.44. The Hall–Kier alpha value is -2.94. The minimum Gasteiger partial charge on any atom is -0.446 e. The second-order valence-electron chi connectivity index (χ2n) is 7.46. The molecule has 0 bridgehead atoms. The topological polar surface area (TPSA) is 112 Å². The highest BCUT2D eigenvalue weighted by Gasteiger charge is 2.13. The molecule has 0 saturated heterocycles. The number of carbonyl (C=O) groups is 1. The molecule has 0 fully saturated rings. The highest BCUT2D eigenvalue weighted by Crippen LogP contribution is 2.16. The molecule has 0 spiro atoms. The van der Waals surface area contributed by atoms with Gasteiger partial charge < -0.3 is 24.8 Å². The minimum atomic E-state index is -0.244. The molecule has 3 aromatic rings. The number of benzene rings is 1. The second kappa shape index (κ2) is 11.1. The maximum atomic E-state index is 13.0. The molecule has 0 aliphatic carbocycles. The number of pyridine rings is 1. The fourth-order valence-corrected chi connectivity index (χ4v) is 3.56. The predicted octanol–water partition coefficient (Wildman–Crippen LogP) is 2.50.